The van der Waals surface area contributed by atoms with Crippen molar-refractivity contribution >= 4 is 18.2 Å². The average molecular weight is 504 g/mol. The first-order valence-electron chi connectivity index (χ1n) is 12.9. The van der Waals surface area contributed by atoms with Gasteiger partial charge in [0.05, 0.1) is 0 Å². The second kappa shape index (κ2) is 23.8. The summed E-state index contributed by atoms with van der Waals surface area (Å²) < 4.78 is 0. The van der Waals surface area contributed by atoms with Gasteiger partial charge in [-0.25, -0.2) is 0 Å². The summed E-state index contributed by atoms with van der Waals surface area (Å²) in [6.45, 7) is 19.6. The predicted octanol–water partition coefficient (Wildman–Crippen LogP) is 9.41. The lowest BCUT2D eigenvalue weighted by Gasteiger charge is -2.14. The van der Waals surface area contributed by atoms with Crippen LogP contribution in [0.4, 0.5) is 0 Å². The van der Waals surface area contributed by atoms with Crippen LogP contribution >= 0.6 is 11.8 Å². The van der Waals surface area contributed by atoms with Crippen molar-refractivity contribution in [2.24, 2.45) is 0 Å². The molecule has 0 rings (SSSR count). The van der Waals surface area contributed by atoms with Gasteiger partial charge in [-0.2, -0.15) is 11.8 Å². The maximum atomic E-state index is 8.36. The van der Waals surface area contributed by atoms with Gasteiger partial charge >= 0.3 is 0 Å². The highest BCUT2D eigenvalue weighted by Crippen LogP contribution is 2.14. The summed E-state index contributed by atoms with van der Waals surface area (Å²) in [6, 6.07) is 0.492. The van der Waals surface area contributed by atoms with Crippen molar-refractivity contribution in [1.29, 1.82) is 0 Å². The van der Waals surface area contributed by atoms with Gasteiger partial charge in [-0.15, -0.1) is 0 Å². The fourth-order valence-corrected chi connectivity index (χ4v) is 4.18. The summed E-state index contributed by atoms with van der Waals surface area (Å²) in [5.41, 5.74) is 8.55. The molecule has 0 aliphatic heterocycles. The smallest absolute Gasteiger partial charge is 0.290 e. The largest absolute Gasteiger partial charge is 0.483 e. The lowest BCUT2D eigenvalue weighted by Crippen LogP contribution is -2.26. The SMILES string of the molecule is CC(C)=C/C=C(\C)NC(C)CSC/C=C(\C)CC/C=C(\C)CC/C=C(\C)CCC=C(C)C.O=CO. The first-order valence-corrected chi connectivity index (χ1v) is 14.0. The van der Waals surface area contributed by atoms with Gasteiger partial charge in [0.15, 0.2) is 0 Å². The van der Waals surface area contributed by atoms with Crippen LogP contribution in [0.5, 0.6) is 0 Å². The van der Waals surface area contributed by atoms with Gasteiger partial charge in [0.1, 0.15) is 0 Å². The summed E-state index contributed by atoms with van der Waals surface area (Å²) in [5, 5.41) is 10.5. The maximum Gasteiger partial charge on any atom is 0.290 e. The van der Waals surface area contributed by atoms with E-state index in [0.29, 0.717) is 6.04 Å². The second-order valence-corrected chi connectivity index (χ2v) is 10.9. The van der Waals surface area contributed by atoms with E-state index in [1.807, 2.05) is 11.8 Å². The summed E-state index contributed by atoms with van der Waals surface area (Å²) in [4.78, 5) is 8.36. The minimum Gasteiger partial charge on any atom is -0.483 e. The fourth-order valence-electron chi connectivity index (χ4n) is 3.20. The van der Waals surface area contributed by atoms with E-state index in [-0.39, 0.29) is 6.47 Å². The normalized spacial score (nSPS) is 13.4. The molecule has 0 fully saturated rings. The first kappa shape index (κ1) is 35.2. The van der Waals surface area contributed by atoms with Crippen LogP contribution in [0, 0.1) is 0 Å². The van der Waals surface area contributed by atoms with Crippen molar-refractivity contribution in [3.63, 3.8) is 0 Å². The third-order valence-corrected chi connectivity index (χ3v) is 6.35. The molecule has 200 valence electrons. The molecule has 0 aromatic carbocycles. The van der Waals surface area contributed by atoms with E-state index in [4.69, 9.17) is 9.90 Å². The van der Waals surface area contributed by atoms with Crippen molar-refractivity contribution in [2.75, 3.05) is 11.5 Å². The molecule has 0 saturated heterocycles. The van der Waals surface area contributed by atoms with Gasteiger partial charge in [0.25, 0.3) is 6.47 Å². The number of carboxylic acid groups (broad SMARTS) is 1. The molecule has 35 heavy (non-hydrogen) atoms. The Kier molecular flexibility index (Phi) is 23.9. The lowest BCUT2D eigenvalue weighted by molar-refractivity contribution is -0.122. The number of thioether (sulfide) groups is 1. The molecule has 0 aromatic rings. The molecular formula is C31H53NO2S. The zero-order chi connectivity index (χ0) is 27.1. The number of rotatable bonds is 16. The lowest BCUT2D eigenvalue weighted by atomic mass is 10.0. The molecule has 0 bridgehead atoms. The number of carbonyl (C=O) groups is 1. The highest BCUT2D eigenvalue weighted by molar-refractivity contribution is 7.99. The third-order valence-electron chi connectivity index (χ3n) is 5.21. The predicted molar refractivity (Wildman–Crippen MR) is 160 cm³/mol. The minimum atomic E-state index is -0.250. The topological polar surface area (TPSA) is 49.3 Å². The van der Waals surface area contributed by atoms with Crippen LogP contribution in [0.25, 0.3) is 0 Å². The standard InChI is InChI=1S/C30H51NS.CH2O2/c1-24(2)13-10-14-26(5)15-11-16-27(6)17-12-18-28(7)21-22-32-23-30(9)31-29(8)20-19-25(3)4;2-1-3/h13,15,17,19-21,30-31H,10-12,14,16,18,22-23H2,1-9H3;1H,(H,2,3)/b26-15+,27-17+,28-21+,29-20+;. The molecule has 0 aliphatic rings. The van der Waals surface area contributed by atoms with Crippen LogP contribution in [0.3, 0.4) is 0 Å². The fraction of sp³-hybridized carbons (Fsp3) is 0.581. The molecule has 0 amide bonds. The Hall–Kier alpha value is -1.94. The summed E-state index contributed by atoms with van der Waals surface area (Å²) in [6.07, 6.45) is 21.0. The van der Waals surface area contributed by atoms with Gasteiger partial charge in [0.2, 0.25) is 0 Å². The number of nitrogens with one attached hydrogen (secondary N) is 1. The van der Waals surface area contributed by atoms with Crippen LogP contribution in [0.1, 0.15) is 101 Å². The molecule has 0 saturated carbocycles. The Bertz CT molecular complexity index is 746. The zero-order valence-electron chi connectivity index (χ0n) is 24.0. The molecule has 0 spiro atoms. The molecule has 4 heteroatoms. The Morgan fingerprint density at radius 2 is 1.20 bits per heavy atom. The summed E-state index contributed by atoms with van der Waals surface area (Å²) >= 11 is 2.01. The van der Waals surface area contributed by atoms with Crippen molar-refractivity contribution in [2.45, 2.75) is 107 Å². The first-order chi connectivity index (χ1) is 16.5. The monoisotopic (exact) mass is 503 g/mol. The average Bonchev–Trinajstić information content (AvgIpc) is 2.75. The van der Waals surface area contributed by atoms with E-state index in [0.717, 1.165) is 17.9 Å². The van der Waals surface area contributed by atoms with Crippen molar-refractivity contribution in [3.8, 4) is 0 Å². The van der Waals surface area contributed by atoms with Gasteiger partial charge in [-0.1, -0.05) is 58.2 Å². The highest BCUT2D eigenvalue weighted by Gasteiger charge is 2.01. The number of hydrogen-bond acceptors (Lipinski definition) is 3. The summed E-state index contributed by atoms with van der Waals surface area (Å²) in [5.74, 6) is 2.23. The molecule has 0 heterocycles. The molecule has 0 aliphatic carbocycles. The van der Waals surface area contributed by atoms with Crippen LogP contribution in [0.15, 0.2) is 70.0 Å². The van der Waals surface area contributed by atoms with Crippen LogP contribution in [0.2, 0.25) is 0 Å². The summed E-state index contributed by atoms with van der Waals surface area (Å²) in [7, 11) is 0. The molecule has 3 nitrogen and oxygen atoms in total. The van der Waals surface area contributed by atoms with E-state index in [1.54, 1.807) is 0 Å². The molecule has 2 N–H and O–H groups in total. The minimum absolute atomic E-state index is 0.250. The van der Waals surface area contributed by atoms with Crippen molar-refractivity contribution in [3.05, 3.63) is 70.0 Å². The van der Waals surface area contributed by atoms with Gasteiger partial charge < -0.3 is 10.4 Å². The van der Waals surface area contributed by atoms with Gasteiger partial charge in [-0.05, 0) is 107 Å². The maximum absolute atomic E-state index is 8.36. The van der Waals surface area contributed by atoms with Crippen LogP contribution in [-0.4, -0.2) is 29.1 Å². The van der Waals surface area contributed by atoms with Crippen LogP contribution < -0.4 is 5.32 Å². The molecule has 0 radical (unpaired) electrons. The zero-order valence-corrected chi connectivity index (χ0v) is 24.9. The Morgan fingerprint density at radius 1 is 0.743 bits per heavy atom. The second-order valence-electron chi connectivity index (χ2n) is 9.83. The molecule has 1 atom stereocenters. The van der Waals surface area contributed by atoms with Crippen LogP contribution in [-0.2, 0) is 4.79 Å². The highest BCUT2D eigenvalue weighted by atomic mass is 32.2. The van der Waals surface area contributed by atoms with Gasteiger partial charge in [0, 0.05) is 23.2 Å². The third kappa shape index (κ3) is 28.2. The Labute approximate surface area is 221 Å². The quantitative estimate of drug-likeness (QED) is 0.0953. The number of allylic oxidation sites excluding steroid dienone is 11. The van der Waals surface area contributed by atoms with Crippen molar-refractivity contribution < 1.29 is 9.90 Å². The number of hydrogen-bond donors (Lipinski definition) is 2. The van der Waals surface area contributed by atoms with Gasteiger partial charge in [-0.3, -0.25) is 4.79 Å². The Morgan fingerprint density at radius 3 is 1.66 bits per heavy atom. The van der Waals surface area contributed by atoms with E-state index in [1.165, 1.54) is 65.7 Å². The van der Waals surface area contributed by atoms with Crippen molar-refractivity contribution in [1.82, 2.24) is 5.32 Å². The van der Waals surface area contributed by atoms with E-state index in [9.17, 15) is 0 Å². The molecule has 0 aromatic heterocycles. The Balaban J connectivity index is 0. The van der Waals surface area contributed by atoms with E-state index in [2.05, 4.69) is 104 Å². The molecule has 1 unspecified atom stereocenters. The van der Waals surface area contributed by atoms with E-state index < -0.39 is 0 Å². The molecular weight excluding hydrogens is 450 g/mol. The van der Waals surface area contributed by atoms with E-state index >= 15 is 0 Å².